The molecule has 0 aromatic carbocycles. The minimum Gasteiger partial charge on any atom is -0.383 e. The highest BCUT2D eigenvalue weighted by Gasteiger charge is 2.10. The number of nitrogens with one attached hydrogen (secondary N) is 2. The van der Waals surface area contributed by atoms with E-state index in [1.54, 1.807) is 18.4 Å². The van der Waals surface area contributed by atoms with E-state index in [1.165, 1.54) is 0 Å². The van der Waals surface area contributed by atoms with Crippen LogP contribution >= 0.6 is 11.3 Å². The van der Waals surface area contributed by atoms with Crippen LogP contribution < -0.4 is 16.6 Å². The predicted octanol–water partition coefficient (Wildman–Crippen LogP) is 0.956. The molecule has 0 fully saturated rings. The lowest BCUT2D eigenvalue weighted by molar-refractivity contribution is 0.179. The Morgan fingerprint density at radius 1 is 1.61 bits per heavy atom. The molecule has 0 amide bonds. The highest BCUT2D eigenvalue weighted by molar-refractivity contribution is 7.09. The van der Waals surface area contributed by atoms with Crippen LogP contribution in [0.25, 0.3) is 0 Å². The fourth-order valence-corrected chi connectivity index (χ4v) is 2.24. The van der Waals surface area contributed by atoms with Crippen LogP contribution in [0.1, 0.15) is 30.6 Å². The molecule has 0 radical (unpaired) electrons. The second-order valence-electron chi connectivity index (χ2n) is 4.13. The van der Waals surface area contributed by atoms with Crippen LogP contribution in [0.15, 0.2) is 10.4 Å². The lowest BCUT2D eigenvalue weighted by atomic mass is 10.3. The van der Waals surface area contributed by atoms with Crippen LogP contribution in [0, 0.1) is 6.92 Å². The number of guanidine groups is 1. The van der Waals surface area contributed by atoms with Crippen molar-refractivity contribution in [2.24, 2.45) is 10.8 Å². The van der Waals surface area contributed by atoms with Crippen molar-refractivity contribution in [3.63, 3.8) is 0 Å². The van der Waals surface area contributed by atoms with Gasteiger partial charge in [0.05, 0.1) is 6.61 Å². The molecule has 6 nitrogen and oxygen atoms in total. The van der Waals surface area contributed by atoms with Gasteiger partial charge in [-0.1, -0.05) is 0 Å². The summed E-state index contributed by atoms with van der Waals surface area (Å²) < 4.78 is 5.05. The zero-order chi connectivity index (χ0) is 13.5. The molecule has 1 aromatic heterocycles. The molecule has 102 valence electrons. The molecule has 0 aliphatic rings. The second-order valence-corrected chi connectivity index (χ2v) is 5.02. The number of ether oxygens (including phenoxy) is 1. The number of aliphatic imine (C=N–C) groups is 1. The second kappa shape index (κ2) is 7.30. The van der Waals surface area contributed by atoms with Crippen molar-refractivity contribution in [2.75, 3.05) is 13.7 Å². The van der Waals surface area contributed by atoms with E-state index in [1.807, 2.05) is 26.2 Å². The van der Waals surface area contributed by atoms with Gasteiger partial charge in [-0.25, -0.2) is 15.8 Å². The number of nitrogens with two attached hydrogens (primary N) is 1. The lowest BCUT2D eigenvalue weighted by Gasteiger charge is -2.16. The molecule has 7 heteroatoms. The number of nitrogens with zero attached hydrogens (tertiary/aromatic N) is 2. The normalized spacial score (nSPS) is 15.3. The third-order valence-corrected chi connectivity index (χ3v) is 3.39. The van der Waals surface area contributed by atoms with Gasteiger partial charge in [-0.05, 0) is 20.8 Å². The quantitative estimate of drug-likeness (QED) is 0.321. The fraction of sp³-hybridized carbons (Fsp3) is 0.636. The van der Waals surface area contributed by atoms with Crippen LogP contribution in [0.2, 0.25) is 0 Å². The van der Waals surface area contributed by atoms with Gasteiger partial charge >= 0.3 is 0 Å². The highest BCUT2D eigenvalue weighted by Crippen LogP contribution is 2.20. The van der Waals surface area contributed by atoms with Gasteiger partial charge in [-0.3, -0.25) is 5.43 Å². The van der Waals surface area contributed by atoms with Crippen molar-refractivity contribution in [3.05, 3.63) is 16.1 Å². The number of rotatable bonds is 5. The number of aryl methyl sites for hydroxylation is 1. The molecule has 0 bridgehead atoms. The summed E-state index contributed by atoms with van der Waals surface area (Å²) in [5.74, 6) is 5.99. The summed E-state index contributed by atoms with van der Waals surface area (Å²) in [5, 5.41) is 6.13. The summed E-state index contributed by atoms with van der Waals surface area (Å²) >= 11 is 1.60. The first kappa shape index (κ1) is 14.9. The Morgan fingerprint density at radius 3 is 2.83 bits per heavy atom. The number of hydrogen-bond donors (Lipinski definition) is 3. The van der Waals surface area contributed by atoms with Crippen molar-refractivity contribution < 1.29 is 4.74 Å². The van der Waals surface area contributed by atoms with Crippen LogP contribution in [-0.2, 0) is 4.74 Å². The number of hydrogen-bond acceptors (Lipinski definition) is 5. The Bertz CT molecular complexity index is 393. The van der Waals surface area contributed by atoms with Crippen molar-refractivity contribution in [1.29, 1.82) is 0 Å². The first-order valence-corrected chi connectivity index (χ1v) is 6.66. The predicted molar refractivity (Wildman–Crippen MR) is 74.5 cm³/mol. The summed E-state index contributed by atoms with van der Waals surface area (Å²) in [7, 11) is 1.66. The molecule has 1 heterocycles. The molecule has 18 heavy (non-hydrogen) atoms. The number of methoxy groups -OCH3 is 1. The monoisotopic (exact) mass is 271 g/mol. The minimum absolute atomic E-state index is 0.0306. The maximum atomic E-state index is 5.45. The summed E-state index contributed by atoms with van der Waals surface area (Å²) in [6.07, 6.45) is 0. The Kier molecular flexibility index (Phi) is 6.03. The SMILES string of the molecule is COCC(C)NC(=NC(C)c1nc(C)cs1)NN. The molecule has 1 aromatic rings. The smallest absolute Gasteiger partial charge is 0.206 e. The van der Waals surface area contributed by atoms with E-state index in [-0.39, 0.29) is 12.1 Å². The van der Waals surface area contributed by atoms with Gasteiger partial charge in [0.25, 0.3) is 0 Å². The van der Waals surface area contributed by atoms with E-state index < -0.39 is 0 Å². The van der Waals surface area contributed by atoms with Crippen molar-refractivity contribution in [2.45, 2.75) is 32.9 Å². The summed E-state index contributed by atoms with van der Waals surface area (Å²) in [6.45, 7) is 6.54. The van der Waals surface area contributed by atoms with E-state index in [9.17, 15) is 0 Å². The van der Waals surface area contributed by atoms with Gasteiger partial charge in [0.2, 0.25) is 5.96 Å². The molecule has 0 aliphatic heterocycles. The molecular formula is C11H21N5OS. The van der Waals surface area contributed by atoms with Crippen LogP contribution in [0.5, 0.6) is 0 Å². The van der Waals surface area contributed by atoms with Gasteiger partial charge in [0, 0.05) is 24.2 Å². The molecule has 2 unspecified atom stereocenters. The van der Waals surface area contributed by atoms with Crippen molar-refractivity contribution in [1.82, 2.24) is 15.7 Å². The van der Waals surface area contributed by atoms with Gasteiger partial charge in [0.15, 0.2) is 0 Å². The minimum atomic E-state index is -0.0306. The Hall–Kier alpha value is -1.18. The number of hydrazine groups is 1. The third kappa shape index (κ3) is 4.59. The molecule has 2 atom stereocenters. The first-order valence-electron chi connectivity index (χ1n) is 5.78. The van der Waals surface area contributed by atoms with Gasteiger partial charge in [-0.2, -0.15) is 0 Å². The molecule has 0 saturated carbocycles. The van der Waals surface area contributed by atoms with Crippen molar-refractivity contribution >= 4 is 17.3 Å². The summed E-state index contributed by atoms with van der Waals surface area (Å²) in [5.41, 5.74) is 3.57. The number of aromatic nitrogens is 1. The molecular weight excluding hydrogens is 250 g/mol. The molecule has 0 spiro atoms. The highest BCUT2D eigenvalue weighted by atomic mass is 32.1. The summed E-state index contributed by atoms with van der Waals surface area (Å²) in [4.78, 5) is 8.87. The van der Waals surface area contributed by atoms with E-state index in [4.69, 9.17) is 10.6 Å². The maximum absolute atomic E-state index is 5.45. The Labute approximate surface area is 112 Å². The zero-order valence-corrected chi connectivity index (χ0v) is 12.0. The maximum Gasteiger partial charge on any atom is 0.206 e. The van der Waals surface area contributed by atoms with Crippen LogP contribution in [0.3, 0.4) is 0 Å². The molecule has 0 saturated heterocycles. The van der Waals surface area contributed by atoms with E-state index in [2.05, 4.69) is 20.7 Å². The van der Waals surface area contributed by atoms with E-state index in [0.717, 1.165) is 10.7 Å². The topological polar surface area (TPSA) is 84.6 Å². The first-order chi connectivity index (χ1) is 8.56. The van der Waals surface area contributed by atoms with Gasteiger partial charge in [0.1, 0.15) is 11.0 Å². The van der Waals surface area contributed by atoms with E-state index in [0.29, 0.717) is 12.6 Å². The standard InChI is InChI=1S/C11H21N5OS/c1-7(5-17-4)14-11(16-12)15-9(3)10-13-8(2)6-18-10/h6-7,9H,5,12H2,1-4H3,(H2,14,15,16). The lowest BCUT2D eigenvalue weighted by Crippen LogP contribution is -2.47. The largest absolute Gasteiger partial charge is 0.383 e. The third-order valence-electron chi connectivity index (χ3n) is 2.25. The average molecular weight is 271 g/mol. The molecule has 1 rings (SSSR count). The molecule has 0 aliphatic carbocycles. The van der Waals surface area contributed by atoms with Crippen LogP contribution in [0.4, 0.5) is 0 Å². The summed E-state index contributed by atoms with van der Waals surface area (Å²) in [6, 6.07) is 0.104. The Morgan fingerprint density at radius 2 is 2.33 bits per heavy atom. The Balaban J connectivity index is 2.66. The molecule has 4 N–H and O–H groups in total. The fourth-order valence-electron chi connectivity index (χ4n) is 1.45. The van der Waals surface area contributed by atoms with Gasteiger partial charge in [-0.15, -0.1) is 11.3 Å². The van der Waals surface area contributed by atoms with E-state index >= 15 is 0 Å². The van der Waals surface area contributed by atoms with Crippen molar-refractivity contribution in [3.8, 4) is 0 Å². The average Bonchev–Trinajstić information content (AvgIpc) is 2.75. The van der Waals surface area contributed by atoms with Crippen LogP contribution in [-0.4, -0.2) is 30.7 Å². The zero-order valence-electron chi connectivity index (χ0n) is 11.2. The van der Waals surface area contributed by atoms with Gasteiger partial charge < -0.3 is 10.1 Å². The number of thiazole rings is 1.